The highest BCUT2D eigenvalue weighted by molar-refractivity contribution is 5.68. The number of rotatable bonds is 4. The Morgan fingerprint density at radius 1 is 1.43 bits per heavy atom. The van der Waals surface area contributed by atoms with Crippen molar-refractivity contribution in [2.75, 3.05) is 25.9 Å². The Kier molecular flexibility index (Phi) is 5.34. The van der Waals surface area contributed by atoms with Crippen LogP contribution in [-0.4, -0.2) is 41.8 Å². The summed E-state index contributed by atoms with van der Waals surface area (Å²) in [7, 11) is 1.58. The molecule has 2 heterocycles. The number of carbonyl (C=O) groups is 1. The lowest BCUT2D eigenvalue weighted by Gasteiger charge is -2.24. The number of pyridine rings is 1. The molecule has 0 aromatic carbocycles. The zero-order chi connectivity index (χ0) is 17.0. The standard InChI is InChI=1S/C17H27N3O3/c1-17(2,3)23-16(21)20-10-9-12(11-20)5-6-13-7-8-14(22-4)15(18)19-13/h7-8,12H,5-6,9-11H2,1-4H3,(H2,18,19). The van der Waals surface area contributed by atoms with Crippen molar-refractivity contribution >= 4 is 11.9 Å². The summed E-state index contributed by atoms with van der Waals surface area (Å²) >= 11 is 0. The molecule has 1 amide bonds. The van der Waals surface area contributed by atoms with Crippen molar-refractivity contribution in [1.82, 2.24) is 9.88 Å². The minimum atomic E-state index is -0.445. The molecule has 2 N–H and O–H groups in total. The Bertz CT molecular complexity index is 555. The Hall–Kier alpha value is -1.98. The molecule has 6 heteroatoms. The number of hydrogen-bond acceptors (Lipinski definition) is 5. The van der Waals surface area contributed by atoms with Crippen LogP contribution in [0.15, 0.2) is 12.1 Å². The number of nitrogen functional groups attached to an aromatic ring is 1. The molecule has 2 rings (SSSR count). The largest absolute Gasteiger partial charge is 0.493 e. The zero-order valence-corrected chi connectivity index (χ0v) is 14.5. The molecule has 23 heavy (non-hydrogen) atoms. The van der Waals surface area contributed by atoms with Gasteiger partial charge in [-0.1, -0.05) is 0 Å². The number of anilines is 1. The average molecular weight is 321 g/mol. The van der Waals surface area contributed by atoms with Gasteiger partial charge in [0.1, 0.15) is 5.60 Å². The van der Waals surface area contributed by atoms with Crippen molar-refractivity contribution in [2.24, 2.45) is 5.92 Å². The van der Waals surface area contributed by atoms with Crippen molar-refractivity contribution in [2.45, 2.75) is 45.6 Å². The van der Waals surface area contributed by atoms with E-state index < -0.39 is 5.60 Å². The van der Waals surface area contributed by atoms with E-state index in [1.54, 1.807) is 12.0 Å². The van der Waals surface area contributed by atoms with Crippen LogP contribution in [0.5, 0.6) is 5.75 Å². The van der Waals surface area contributed by atoms with E-state index in [2.05, 4.69) is 4.98 Å². The second-order valence-electron chi connectivity index (χ2n) is 7.01. The van der Waals surface area contributed by atoms with E-state index in [4.69, 9.17) is 15.2 Å². The summed E-state index contributed by atoms with van der Waals surface area (Å²) in [5, 5.41) is 0. The predicted octanol–water partition coefficient (Wildman–Crippen LogP) is 2.86. The van der Waals surface area contributed by atoms with Gasteiger partial charge in [0.15, 0.2) is 11.6 Å². The highest BCUT2D eigenvalue weighted by Crippen LogP contribution is 2.24. The fourth-order valence-corrected chi connectivity index (χ4v) is 2.73. The van der Waals surface area contributed by atoms with Crippen LogP contribution in [0.3, 0.4) is 0 Å². The molecule has 1 unspecified atom stereocenters. The number of likely N-dealkylation sites (tertiary alicyclic amines) is 1. The summed E-state index contributed by atoms with van der Waals surface area (Å²) in [6.45, 7) is 7.17. The van der Waals surface area contributed by atoms with Crippen LogP contribution < -0.4 is 10.5 Å². The quantitative estimate of drug-likeness (QED) is 0.922. The van der Waals surface area contributed by atoms with Gasteiger partial charge in [0.2, 0.25) is 0 Å². The molecular weight excluding hydrogens is 294 g/mol. The van der Waals surface area contributed by atoms with Gasteiger partial charge in [-0.15, -0.1) is 0 Å². The zero-order valence-electron chi connectivity index (χ0n) is 14.5. The highest BCUT2D eigenvalue weighted by atomic mass is 16.6. The Morgan fingerprint density at radius 3 is 2.78 bits per heavy atom. The molecule has 1 aromatic heterocycles. The number of carbonyl (C=O) groups excluding carboxylic acids is 1. The van der Waals surface area contributed by atoms with Crippen LogP contribution in [0, 0.1) is 5.92 Å². The lowest BCUT2D eigenvalue weighted by Crippen LogP contribution is -2.35. The first-order chi connectivity index (χ1) is 10.8. The first-order valence-corrected chi connectivity index (χ1v) is 8.06. The molecule has 6 nitrogen and oxygen atoms in total. The summed E-state index contributed by atoms with van der Waals surface area (Å²) in [6.07, 6.45) is 2.62. The highest BCUT2D eigenvalue weighted by Gasteiger charge is 2.29. The average Bonchev–Trinajstić information content (AvgIpc) is 2.92. The van der Waals surface area contributed by atoms with Crippen molar-refractivity contribution < 1.29 is 14.3 Å². The number of ether oxygens (including phenoxy) is 2. The molecule has 1 saturated heterocycles. The Balaban J connectivity index is 1.82. The van der Waals surface area contributed by atoms with Gasteiger partial charge in [-0.3, -0.25) is 0 Å². The van der Waals surface area contributed by atoms with Crippen LogP contribution >= 0.6 is 0 Å². The lowest BCUT2D eigenvalue weighted by atomic mass is 10.0. The molecule has 1 fully saturated rings. The summed E-state index contributed by atoms with van der Waals surface area (Å²) in [5.41, 5.74) is 6.34. The summed E-state index contributed by atoms with van der Waals surface area (Å²) in [6, 6.07) is 3.79. The van der Waals surface area contributed by atoms with Gasteiger partial charge < -0.3 is 20.1 Å². The first-order valence-electron chi connectivity index (χ1n) is 8.06. The molecule has 1 aromatic rings. The van der Waals surface area contributed by atoms with Gasteiger partial charge in [0, 0.05) is 18.8 Å². The molecule has 0 aliphatic carbocycles. The van der Waals surface area contributed by atoms with Crippen LogP contribution in [-0.2, 0) is 11.2 Å². The normalized spacial score (nSPS) is 18.1. The van der Waals surface area contributed by atoms with Gasteiger partial charge >= 0.3 is 6.09 Å². The Morgan fingerprint density at radius 2 is 2.17 bits per heavy atom. The van der Waals surface area contributed by atoms with Crippen LogP contribution in [0.1, 0.15) is 39.3 Å². The molecule has 1 atom stereocenters. The van der Waals surface area contributed by atoms with Gasteiger partial charge in [0.05, 0.1) is 7.11 Å². The van der Waals surface area contributed by atoms with Crippen molar-refractivity contribution in [3.05, 3.63) is 17.8 Å². The van der Waals surface area contributed by atoms with E-state index in [1.165, 1.54) is 0 Å². The van der Waals surface area contributed by atoms with E-state index in [0.717, 1.165) is 38.0 Å². The van der Waals surface area contributed by atoms with Gasteiger partial charge in [-0.05, 0) is 58.1 Å². The number of aryl methyl sites for hydroxylation is 1. The van der Waals surface area contributed by atoms with E-state index in [9.17, 15) is 4.79 Å². The molecule has 0 saturated carbocycles. The van der Waals surface area contributed by atoms with E-state index in [1.807, 2.05) is 32.9 Å². The SMILES string of the molecule is COc1ccc(CCC2CCN(C(=O)OC(C)(C)C)C2)nc1N. The van der Waals surface area contributed by atoms with Crippen molar-refractivity contribution in [1.29, 1.82) is 0 Å². The second kappa shape index (κ2) is 7.06. The van der Waals surface area contributed by atoms with Gasteiger partial charge in [0.25, 0.3) is 0 Å². The molecule has 1 aliphatic rings. The lowest BCUT2D eigenvalue weighted by molar-refractivity contribution is 0.0287. The summed E-state index contributed by atoms with van der Waals surface area (Å²) < 4.78 is 10.5. The maximum Gasteiger partial charge on any atom is 0.410 e. The van der Waals surface area contributed by atoms with Crippen LogP contribution in [0.4, 0.5) is 10.6 Å². The second-order valence-corrected chi connectivity index (χ2v) is 7.01. The van der Waals surface area contributed by atoms with Crippen molar-refractivity contribution in [3.8, 4) is 5.75 Å². The smallest absolute Gasteiger partial charge is 0.410 e. The monoisotopic (exact) mass is 321 g/mol. The number of nitrogens with zero attached hydrogens (tertiary/aromatic N) is 2. The summed E-state index contributed by atoms with van der Waals surface area (Å²) in [5.74, 6) is 1.50. The number of nitrogens with two attached hydrogens (primary N) is 1. The third-order valence-corrected chi connectivity index (χ3v) is 3.91. The molecular formula is C17H27N3O3. The van der Waals surface area contributed by atoms with E-state index >= 15 is 0 Å². The minimum absolute atomic E-state index is 0.216. The topological polar surface area (TPSA) is 77.7 Å². The number of hydrogen-bond donors (Lipinski definition) is 1. The molecule has 128 valence electrons. The predicted molar refractivity (Wildman–Crippen MR) is 89.4 cm³/mol. The van der Waals surface area contributed by atoms with Crippen molar-refractivity contribution in [3.63, 3.8) is 0 Å². The van der Waals surface area contributed by atoms with Crippen LogP contribution in [0.25, 0.3) is 0 Å². The Labute approximate surface area is 138 Å². The fourth-order valence-electron chi connectivity index (χ4n) is 2.73. The molecule has 0 bridgehead atoms. The number of amides is 1. The van der Waals surface area contributed by atoms with E-state index in [-0.39, 0.29) is 6.09 Å². The number of aromatic nitrogens is 1. The first kappa shape index (κ1) is 17.4. The maximum absolute atomic E-state index is 12.1. The van der Waals surface area contributed by atoms with Gasteiger partial charge in [-0.2, -0.15) is 0 Å². The number of methoxy groups -OCH3 is 1. The van der Waals surface area contributed by atoms with Gasteiger partial charge in [-0.25, -0.2) is 9.78 Å². The minimum Gasteiger partial charge on any atom is -0.493 e. The third-order valence-electron chi connectivity index (χ3n) is 3.91. The maximum atomic E-state index is 12.1. The van der Waals surface area contributed by atoms with E-state index in [0.29, 0.717) is 17.5 Å². The third kappa shape index (κ3) is 5.01. The summed E-state index contributed by atoms with van der Waals surface area (Å²) in [4.78, 5) is 18.2. The molecule has 0 radical (unpaired) electrons. The molecule has 0 spiro atoms. The van der Waals surface area contributed by atoms with Crippen LogP contribution in [0.2, 0.25) is 0 Å². The fraction of sp³-hybridized carbons (Fsp3) is 0.647. The molecule has 1 aliphatic heterocycles.